The number of likely N-dealkylation sites (tertiary alicyclic amines) is 1. The van der Waals surface area contributed by atoms with Crippen LogP contribution in [0.25, 0.3) is 0 Å². The van der Waals surface area contributed by atoms with Crippen molar-refractivity contribution in [1.29, 1.82) is 0 Å². The minimum absolute atomic E-state index is 0.00109. The monoisotopic (exact) mass is 592 g/mol. The molecule has 226 valence electrons. The van der Waals surface area contributed by atoms with Gasteiger partial charge in [0.05, 0.1) is 12.1 Å². The van der Waals surface area contributed by atoms with Gasteiger partial charge in [0.15, 0.2) is 0 Å². The quantitative estimate of drug-likeness (QED) is 0.154. The van der Waals surface area contributed by atoms with Crippen molar-refractivity contribution in [3.63, 3.8) is 0 Å². The first-order chi connectivity index (χ1) is 18.2. The van der Waals surface area contributed by atoms with Crippen molar-refractivity contribution in [3.8, 4) is 0 Å². The summed E-state index contributed by atoms with van der Waals surface area (Å²) >= 11 is 0. The van der Waals surface area contributed by atoms with Crippen molar-refractivity contribution in [2.75, 3.05) is 13.1 Å². The van der Waals surface area contributed by atoms with Crippen LogP contribution >= 0.6 is 0 Å². The number of piperidine rings is 1. The summed E-state index contributed by atoms with van der Waals surface area (Å²) in [7, 11) is -4.94. The van der Waals surface area contributed by atoms with Crippen LogP contribution in [0.4, 0.5) is 14.4 Å². The molecule has 3 fully saturated rings. The zero-order chi connectivity index (χ0) is 30.4. The van der Waals surface area contributed by atoms with Gasteiger partial charge in [0, 0.05) is 18.6 Å². The minimum atomic E-state index is -4.94. The smallest absolute Gasteiger partial charge is 0.434 e. The number of carboxylic acid groups (broad SMARTS) is 2. The number of aliphatic imine (C=N–C) groups is 1. The number of carbonyl (C=O) groups excluding carboxylic acids is 2. The van der Waals surface area contributed by atoms with E-state index in [2.05, 4.69) is 14.8 Å². The Labute approximate surface area is 231 Å². The molecule has 0 spiro atoms. The molecule has 40 heavy (non-hydrogen) atoms. The molecule has 3 aliphatic heterocycles. The van der Waals surface area contributed by atoms with E-state index in [1.165, 1.54) is 0 Å². The van der Waals surface area contributed by atoms with Gasteiger partial charge >= 0.3 is 28.6 Å². The molecule has 4 N–H and O–H groups in total. The van der Waals surface area contributed by atoms with Crippen molar-refractivity contribution >= 4 is 40.5 Å². The Kier molecular flexibility index (Phi) is 8.60. The molecule has 0 aromatic rings. The number of hydrogen-bond acceptors (Lipinski definition) is 8. The van der Waals surface area contributed by atoms with E-state index in [0.717, 1.165) is 9.80 Å². The number of nitrogens with one attached hydrogen (secondary N) is 1. The number of amides is 5. The van der Waals surface area contributed by atoms with E-state index in [1.807, 2.05) is 20.8 Å². The fourth-order valence-electron chi connectivity index (χ4n) is 5.44. The highest BCUT2D eigenvalue weighted by Gasteiger charge is 2.51. The first kappa shape index (κ1) is 31.3. The maximum absolute atomic E-state index is 13.1. The fourth-order valence-corrected chi connectivity index (χ4v) is 5.83. The number of carbonyl (C=O) groups is 4. The van der Waals surface area contributed by atoms with Gasteiger partial charge in [0.1, 0.15) is 12.1 Å². The van der Waals surface area contributed by atoms with E-state index in [-0.39, 0.29) is 38.3 Å². The first-order valence-electron chi connectivity index (χ1n) is 12.6. The van der Waals surface area contributed by atoms with E-state index < -0.39 is 69.7 Å². The lowest BCUT2D eigenvalue weighted by atomic mass is 9.83. The van der Waals surface area contributed by atoms with Gasteiger partial charge in [-0.3, -0.25) is 14.2 Å². The summed E-state index contributed by atoms with van der Waals surface area (Å²) in [5, 5.41) is 19.9. The Morgan fingerprint density at radius 2 is 1.70 bits per heavy atom. The number of urea groups is 1. The number of fused-ring (bicyclic) bond motifs is 2. The molecule has 0 aromatic carbocycles. The normalized spacial score (nSPS) is 25.8. The molecular weight excluding hydrogens is 556 g/mol. The van der Waals surface area contributed by atoms with Crippen LogP contribution < -0.4 is 5.48 Å². The molecule has 1 unspecified atom stereocenters. The topological polar surface area (TPSA) is 219 Å². The van der Waals surface area contributed by atoms with E-state index in [4.69, 9.17) is 9.39 Å². The van der Waals surface area contributed by atoms with E-state index >= 15 is 0 Å². The van der Waals surface area contributed by atoms with Gasteiger partial charge < -0.3 is 20.0 Å². The van der Waals surface area contributed by atoms with Crippen molar-refractivity contribution in [1.82, 2.24) is 25.2 Å². The zero-order valence-corrected chi connectivity index (χ0v) is 23.9. The van der Waals surface area contributed by atoms with Gasteiger partial charge in [-0.25, -0.2) is 24.8 Å². The lowest BCUT2D eigenvalue weighted by Gasteiger charge is -2.43. The van der Waals surface area contributed by atoms with E-state index in [9.17, 15) is 37.8 Å². The second kappa shape index (κ2) is 11.0. The molecule has 18 heteroatoms. The molecule has 0 aromatic heterocycles. The van der Waals surface area contributed by atoms with Crippen molar-refractivity contribution in [2.24, 2.45) is 10.4 Å². The van der Waals surface area contributed by atoms with Crippen LogP contribution in [0.15, 0.2) is 4.99 Å². The molecule has 2 bridgehead atoms. The summed E-state index contributed by atoms with van der Waals surface area (Å²) in [6.45, 7) is 10.5. The van der Waals surface area contributed by atoms with Crippen molar-refractivity contribution in [2.45, 2.75) is 90.6 Å². The Bertz CT molecular complexity index is 1180. The Morgan fingerprint density at radius 1 is 1.07 bits per heavy atom. The Morgan fingerprint density at radius 3 is 2.20 bits per heavy atom. The van der Waals surface area contributed by atoms with Gasteiger partial charge in [-0.15, -0.1) is 9.28 Å². The largest absolute Gasteiger partial charge is 0.465 e. The molecule has 3 heterocycles. The van der Waals surface area contributed by atoms with E-state index in [0.29, 0.717) is 5.06 Å². The highest BCUT2D eigenvalue weighted by Crippen LogP contribution is 2.36. The Balaban J connectivity index is 1.79. The van der Waals surface area contributed by atoms with Gasteiger partial charge in [-0.1, -0.05) is 20.8 Å². The maximum Gasteiger partial charge on any atom is 0.434 e. The predicted molar refractivity (Wildman–Crippen MR) is 136 cm³/mol. The standard InChI is InChI=1S/C22H36N6O11S/c1-21(2,3)15-14(9-10-25(15)17(23-18(30)31)27(20(33)34)22(4,5)6)38-24-16(29)13-8-7-12-11-26(13)19(32)28(12)39-40(35,36)37/h12-15H,7-11H2,1-6H3,(H,24,29)(H,30,31)(H,33,34)(H,35,36,37)/t12-,13+,14+,15?/m1/s1. The van der Waals surface area contributed by atoms with E-state index in [1.54, 1.807) is 25.7 Å². The molecule has 0 aliphatic carbocycles. The number of nitrogens with zero attached hydrogens (tertiary/aromatic N) is 5. The summed E-state index contributed by atoms with van der Waals surface area (Å²) in [6, 6.07) is -3.19. The number of rotatable bonds is 5. The average Bonchev–Trinajstić information content (AvgIpc) is 3.30. The first-order valence-corrected chi connectivity index (χ1v) is 13.9. The average molecular weight is 593 g/mol. The third-order valence-corrected chi connectivity index (χ3v) is 7.20. The van der Waals surface area contributed by atoms with Gasteiger partial charge in [0.2, 0.25) is 5.96 Å². The van der Waals surface area contributed by atoms with Gasteiger partial charge in [-0.05, 0) is 45.4 Å². The third-order valence-electron chi connectivity index (χ3n) is 6.86. The van der Waals surface area contributed by atoms with Crippen molar-refractivity contribution in [3.05, 3.63) is 0 Å². The maximum atomic E-state index is 13.1. The molecule has 17 nitrogen and oxygen atoms in total. The van der Waals surface area contributed by atoms with Gasteiger partial charge in [0.25, 0.3) is 5.91 Å². The Hall–Kier alpha value is -3.22. The summed E-state index contributed by atoms with van der Waals surface area (Å²) in [5.74, 6) is -0.961. The number of hydroxylamine groups is 3. The van der Waals surface area contributed by atoms with Crippen molar-refractivity contribution < 1.29 is 51.5 Å². The van der Waals surface area contributed by atoms with Crippen LogP contribution in [0.3, 0.4) is 0 Å². The summed E-state index contributed by atoms with van der Waals surface area (Å²) < 4.78 is 35.5. The minimum Gasteiger partial charge on any atom is -0.465 e. The molecule has 3 rings (SSSR count). The van der Waals surface area contributed by atoms with Crippen LogP contribution in [0.5, 0.6) is 0 Å². The summed E-state index contributed by atoms with van der Waals surface area (Å²) in [4.78, 5) is 62.5. The molecule has 3 aliphatic rings. The highest BCUT2D eigenvalue weighted by molar-refractivity contribution is 7.80. The molecule has 0 radical (unpaired) electrons. The number of guanidine groups is 1. The van der Waals surface area contributed by atoms with Crippen LogP contribution in [-0.4, -0.2) is 116 Å². The summed E-state index contributed by atoms with van der Waals surface area (Å²) in [6.07, 6.45) is -3.01. The van der Waals surface area contributed by atoms with Crippen LogP contribution in [-0.2, 0) is 24.3 Å². The number of hydrogen-bond donors (Lipinski definition) is 4. The van der Waals surface area contributed by atoms with Crippen LogP contribution in [0, 0.1) is 5.41 Å². The molecular formula is C22H36N6O11S. The second-order valence-electron chi connectivity index (χ2n) is 11.9. The molecule has 4 atom stereocenters. The zero-order valence-electron chi connectivity index (χ0n) is 23.1. The van der Waals surface area contributed by atoms with Crippen LogP contribution in [0.2, 0.25) is 0 Å². The molecule has 5 amide bonds. The summed E-state index contributed by atoms with van der Waals surface area (Å²) in [5.41, 5.74) is 0.728. The molecule has 3 saturated heterocycles. The highest BCUT2D eigenvalue weighted by atomic mass is 32.3. The SMILES string of the molecule is CC(C)(C)C1[C@@H](ONC(=O)[C@@H]2CC[C@@H]3CN2C(=O)N3OS(=O)(=O)O)CCN1C(=NC(=O)O)N(C(=O)O)C(C)(C)C. The van der Waals surface area contributed by atoms with Gasteiger partial charge in [-0.2, -0.15) is 13.5 Å². The fraction of sp³-hybridized carbons (Fsp3) is 0.773. The predicted octanol–water partition coefficient (Wildman–Crippen LogP) is 1.34. The molecule has 0 saturated carbocycles. The third kappa shape index (κ3) is 6.73. The van der Waals surface area contributed by atoms with Crippen LogP contribution in [0.1, 0.15) is 60.8 Å². The second-order valence-corrected chi connectivity index (χ2v) is 12.9. The lowest BCUT2D eigenvalue weighted by molar-refractivity contribution is -0.146. The lowest BCUT2D eigenvalue weighted by Crippen LogP contribution is -2.59.